The van der Waals surface area contributed by atoms with Gasteiger partial charge in [-0.05, 0) is 19.9 Å². The molecule has 1 aromatic rings. The van der Waals surface area contributed by atoms with Gasteiger partial charge in [0.15, 0.2) is 11.5 Å². The van der Waals surface area contributed by atoms with E-state index in [2.05, 4.69) is 0 Å². The molecule has 0 spiro atoms. The number of ether oxygens (including phenoxy) is 2. The van der Waals surface area contributed by atoms with Crippen LogP contribution in [-0.2, 0) is 15.5 Å². The average Bonchev–Trinajstić information content (AvgIpc) is 2.58. The lowest BCUT2D eigenvalue weighted by atomic mass is 10.0. The molecule has 2 rings (SSSR count). The Bertz CT molecular complexity index is 595. The number of benzene rings is 1. The standard InChI is InChI=1S/C14H19ClO4S/c1-10(9-20(15,16)17)8-18-12-6-4-5-11-7-14(2,3)19-13(11)12/h4-6,10H,7-9H2,1-3H3. The van der Waals surface area contributed by atoms with Crippen molar-refractivity contribution in [3.05, 3.63) is 23.8 Å². The van der Waals surface area contributed by atoms with Crippen LogP contribution in [-0.4, -0.2) is 26.4 Å². The van der Waals surface area contributed by atoms with E-state index in [1.165, 1.54) is 0 Å². The van der Waals surface area contributed by atoms with Crippen LogP contribution in [0, 0.1) is 5.92 Å². The van der Waals surface area contributed by atoms with E-state index in [-0.39, 0.29) is 23.9 Å². The maximum Gasteiger partial charge on any atom is 0.232 e. The first kappa shape index (κ1) is 15.4. The lowest BCUT2D eigenvalue weighted by Gasteiger charge is -2.19. The van der Waals surface area contributed by atoms with Gasteiger partial charge in [0.25, 0.3) is 0 Å². The first-order valence-electron chi connectivity index (χ1n) is 6.52. The molecular weight excluding hydrogens is 300 g/mol. The Morgan fingerprint density at radius 2 is 2.15 bits per heavy atom. The van der Waals surface area contributed by atoms with Crippen LogP contribution in [0.1, 0.15) is 26.3 Å². The average molecular weight is 319 g/mol. The van der Waals surface area contributed by atoms with Crippen LogP contribution in [0.5, 0.6) is 11.5 Å². The van der Waals surface area contributed by atoms with Crippen LogP contribution in [0.25, 0.3) is 0 Å². The Morgan fingerprint density at radius 1 is 1.45 bits per heavy atom. The summed E-state index contributed by atoms with van der Waals surface area (Å²) in [5.74, 6) is 1.14. The summed E-state index contributed by atoms with van der Waals surface area (Å²) >= 11 is 0. The molecule has 112 valence electrons. The molecule has 1 aromatic carbocycles. The molecule has 0 aliphatic carbocycles. The summed E-state index contributed by atoms with van der Waals surface area (Å²) < 4.78 is 33.6. The minimum absolute atomic E-state index is 0.101. The van der Waals surface area contributed by atoms with Gasteiger partial charge in [-0.3, -0.25) is 0 Å². The van der Waals surface area contributed by atoms with Crippen molar-refractivity contribution in [1.29, 1.82) is 0 Å². The number of halogens is 1. The Kier molecular flexibility index (Phi) is 4.21. The molecule has 0 saturated carbocycles. The van der Waals surface area contributed by atoms with E-state index in [0.717, 1.165) is 17.7 Å². The predicted octanol–water partition coefficient (Wildman–Crippen LogP) is 2.98. The highest BCUT2D eigenvalue weighted by Gasteiger charge is 2.32. The zero-order valence-corrected chi connectivity index (χ0v) is 13.4. The van der Waals surface area contributed by atoms with Crippen LogP contribution in [0.3, 0.4) is 0 Å². The molecule has 0 N–H and O–H groups in total. The van der Waals surface area contributed by atoms with Gasteiger partial charge in [-0.25, -0.2) is 8.42 Å². The monoisotopic (exact) mass is 318 g/mol. The summed E-state index contributed by atoms with van der Waals surface area (Å²) in [6.45, 7) is 6.12. The van der Waals surface area contributed by atoms with Crippen LogP contribution in [0.2, 0.25) is 0 Å². The quantitative estimate of drug-likeness (QED) is 0.783. The number of hydrogen-bond acceptors (Lipinski definition) is 4. The number of rotatable bonds is 5. The molecule has 6 heteroatoms. The molecule has 1 aliphatic heterocycles. The highest BCUT2D eigenvalue weighted by Crippen LogP contribution is 2.41. The van der Waals surface area contributed by atoms with E-state index < -0.39 is 9.05 Å². The maximum atomic E-state index is 11.0. The Labute approximate surface area is 124 Å². The Hall–Kier alpha value is -0.940. The van der Waals surface area contributed by atoms with Crippen molar-refractivity contribution in [1.82, 2.24) is 0 Å². The molecule has 1 unspecified atom stereocenters. The van der Waals surface area contributed by atoms with Gasteiger partial charge in [-0.15, -0.1) is 0 Å². The number of hydrogen-bond donors (Lipinski definition) is 0. The largest absolute Gasteiger partial charge is 0.489 e. The molecule has 0 bridgehead atoms. The topological polar surface area (TPSA) is 52.6 Å². The van der Waals surface area contributed by atoms with E-state index in [1.54, 1.807) is 6.92 Å². The molecule has 0 amide bonds. The van der Waals surface area contributed by atoms with Crippen molar-refractivity contribution in [3.63, 3.8) is 0 Å². The molecule has 0 saturated heterocycles. The Morgan fingerprint density at radius 3 is 2.80 bits per heavy atom. The zero-order chi connectivity index (χ0) is 15.0. The predicted molar refractivity (Wildman–Crippen MR) is 79.2 cm³/mol. The van der Waals surface area contributed by atoms with Crippen molar-refractivity contribution < 1.29 is 17.9 Å². The van der Waals surface area contributed by atoms with Crippen molar-refractivity contribution in [2.24, 2.45) is 5.92 Å². The lowest BCUT2D eigenvalue weighted by Crippen LogP contribution is -2.24. The highest BCUT2D eigenvalue weighted by atomic mass is 35.7. The van der Waals surface area contributed by atoms with Crippen molar-refractivity contribution in [3.8, 4) is 11.5 Å². The van der Waals surface area contributed by atoms with E-state index >= 15 is 0 Å². The van der Waals surface area contributed by atoms with Crippen molar-refractivity contribution in [2.75, 3.05) is 12.4 Å². The minimum atomic E-state index is -3.50. The van der Waals surface area contributed by atoms with Crippen LogP contribution in [0.15, 0.2) is 18.2 Å². The Balaban J connectivity index is 2.04. The molecule has 0 radical (unpaired) electrons. The molecule has 0 aromatic heterocycles. The fourth-order valence-electron chi connectivity index (χ4n) is 2.32. The van der Waals surface area contributed by atoms with E-state index in [9.17, 15) is 8.42 Å². The fraction of sp³-hybridized carbons (Fsp3) is 0.571. The molecule has 1 atom stereocenters. The molecule has 4 nitrogen and oxygen atoms in total. The van der Waals surface area contributed by atoms with Gasteiger partial charge < -0.3 is 9.47 Å². The zero-order valence-electron chi connectivity index (χ0n) is 11.8. The number of para-hydroxylation sites is 1. The third-order valence-electron chi connectivity index (χ3n) is 3.06. The summed E-state index contributed by atoms with van der Waals surface area (Å²) in [6, 6.07) is 5.77. The summed E-state index contributed by atoms with van der Waals surface area (Å²) in [5.41, 5.74) is 0.887. The van der Waals surface area contributed by atoms with Crippen LogP contribution in [0.4, 0.5) is 0 Å². The molecule has 0 fully saturated rings. The van der Waals surface area contributed by atoms with Gasteiger partial charge in [-0.2, -0.15) is 0 Å². The summed E-state index contributed by atoms with van der Waals surface area (Å²) in [5, 5.41) is 0. The SMILES string of the molecule is CC(COc1cccc2c1OC(C)(C)C2)CS(=O)(=O)Cl. The van der Waals surface area contributed by atoms with E-state index in [4.69, 9.17) is 20.2 Å². The summed E-state index contributed by atoms with van der Waals surface area (Å²) in [6.07, 6.45) is 0.838. The van der Waals surface area contributed by atoms with Crippen LogP contribution >= 0.6 is 10.7 Å². The lowest BCUT2D eigenvalue weighted by molar-refractivity contribution is 0.131. The second kappa shape index (κ2) is 5.45. The molecule has 1 aliphatic rings. The van der Waals surface area contributed by atoms with Gasteiger partial charge >= 0.3 is 0 Å². The van der Waals surface area contributed by atoms with Crippen molar-refractivity contribution in [2.45, 2.75) is 32.8 Å². The summed E-state index contributed by atoms with van der Waals surface area (Å²) in [7, 11) is 1.74. The highest BCUT2D eigenvalue weighted by molar-refractivity contribution is 8.13. The van der Waals surface area contributed by atoms with Crippen LogP contribution < -0.4 is 9.47 Å². The first-order valence-corrected chi connectivity index (χ1v) is 9.00. The first-order chi connectivity index (χ1) is 9.16. The fourth-order valence-corrected chi connectivity index (χ4v) is 3.74. The molecule has 1 heterocycles. The second-order valence-corrected chi connectivity index (χ2v) is 8.73. The van der Waals surface area contributed by atoms with Gasteiger partial charge in [0, 0.05) is 28.6 Å². The molecular formula is C14H19ClO4S. The third-order valence-corrected chi connectivity index (χ3v) is 4.41. The van der Waals surface area contributed by atoms with E-state index in [0.29, 0.717) is 5.75 Å². The van der Waals surface area contributed by atoms with E-state index in [1.807, 2.05) is 32.0 Å². The number of fused-ring (bicyclic) bond motifs is 1. The maximum absolute atomic E-state index is 11.0. The van der Waals surface area contributed by atoms with Crippen molar-refractivity contribution >= 4 is 19.7 Å². The van der Waals surface area contributed by atoms with Gasteiger partial charge in [0.1, 0.15) is 5.60 Å². The van der Waals surface area contributed by atoms with Gasteiger partial charge in [0.2, 0.25) is 9.05 Å². The minimum Gasteiger partial charge on any atom is -0.489 e. The van der Waals surface area contributed by atoms with Gasteiger partial charge in [-0.1, -0.05) is 19.1 Å². The molecule has 20 heavy (non-hydrogen) atoms. The third kappa shape index (κ3) is 4.03. The van der Waals surface area contributed by atoms with Gasteiger partial charge in [0.05, 0.1) is 12.4 Å². The second-order valence-electron chi connectivity index (χ2n) is 5.90. The smallest absolute Gasteiger partial charge is 0.232 e. The normalized spacial score (nSPS) is 18.2. The summed E-state index contributed by atoms with van der Waals surface area (Å²) in [4.78, 5) is 0.